The third-order valence-electron chi connectivity index (χ3n) is 3.99. The quantitative estimate of drug-likeness (QED) is 0.584. The number of hydrogen-bond donors (Lipinski definition) is 0. The molecule has 0 aliphatic carbocycles. The number of hydrogen-bond acceptors (Lipinski definition) is 5. The van der Waals surface area contributed by atoms with E-state index in [1.165, 1.54) is 4.90 Å². The molecule has 27 heavy (non-hydrogen) atoms. The minimum absolute atomic E-state index is 0.180. The van der Waals surface area contributed by atoms with E-state index in [0.717, 1.165) is 16.9 Å². The van der Waals surface area contributed by atoms with Gasteiger partial charge in [0.25, 0.3) is 5.91 Å². The molecule has 3 rings (SSSR count). The first-order chi connectivity index (χ1) is 13.1. The van der Waals surface area contributed by atoms with Crippen LogP contribution in [0.3, 0.4) is 0 Å². The third-order valence-corrected chi connectivity index (χ3v) is 3.99. The van der Waals surface area contributed by atoms with E-state index in [1.54, 1.807) is 20.1 Å². The first-order valence-corrected chi connectivity index (χ1v) is 8.59. The van der Waals surface area contributed by atoms with Gasteiger partial charge in [-0.2, -0.15) is 0 Å². The second-order valence-electron chi connectivity index (χ2n) is 5.80. The summed E-state index contributed by atoms with van der Waals surface area (Å²) in [5.74, 6) is 0.360. The first-order valence-electron chi connectivity index (χ1n) is 8.59. The minimum atomic E-state index is -0.472. The van der Waals surface area contributed by atoms with Gasteiger partial charge in [0, 0.05) is 5.56 Å². The smallest absolute Gasteiger partial charge is 0.326 e. The molecule has 138 valence electrons. The van der Waals surface area contributed by atoms with E-state index in [1.807, 2.05) is 54.6 Å². The molecule has 0 atom stereocenters. The lowest BCUT2D eigenvalue weighted by atomic mass is 10.2. The fourth-order valence-corrected chi connectivity index (χ4v) is 2.70. The zero-order chi connectivity index (χ0) is 19.2. The lowest BCUT2D eigenvalue weighted by Crippen LogP contribution is -2.37. The molecule has 6 heteroatoms. The zero-order valence-electron chi connectivity index (χ0n) is 15.2. The van der Waals surface area contributed by atoms with Crippen molar-refractivity contribution in [3.63, 3.8) is 0 Å². The molecule has 0 bridgehead atoms. The van der Waals surface area contributed by atoms with E-state index in [0.29, 0.717) is 5.84 Å². The van der Waals surface area contributed by atoms with Gasteiger partial charge in [0.1, 0.15) is 23.8 Å². The Morgan fingerprint density at radius 3 is 2.44 bits per heavy atom. The topological polar surface area (TPSA) is 68.2 Å². The maximum Gasteiger partial charge on any atom is 0.326 e. The number of benzene rings is 2. The van der Waals surface area contributed by atoms with Crippen molar-refractivity contribution < 1.29 is 19.1 Å². The highest BCUT2D eigenvalue weighted by atomic mass is 16.5. The van der Waals surface area contributed by atoms with Crippen LogP contribution in [0.1, 0.15) is 18.1 Å². The molecule has 6 nitrogen and oxygen atoms in total. The summed E-state index contributed by atoms with van der Waals surface area (Å²) < 4.78 is 10.1. The summed E-state index contributed by atoms with van der Waals surface area (Å²) in [5.41, 5.74) is 1.84. The molecular weight excluding hydrogens is 344 g/mol. The van der Waals surface area contributed by atoms with E-state index in [2.05, 4.69) is 4.99 Å². The number of methoxy groups -OCH3 is 1. The molecular formula is C21H20N2O4. The van der Waals surface area contributed by atoms with E-state index in [9.17, 15) is 9.59 Å². The van der Waals surface area contributed by atoms with E-state index in [-0.39, 0.29) is 24.8 Å². The van der Waals surface area contributed by atoms with Crippen molar-refractivity contribution in [2.75, 3.05) is 20.3 Å². The van der Waals surface area contributed by atoms with Gasteiger partial charge in [-0.25, -0.2) is 4.99 Å². The van der Waals surface area contributed by atoms with Crippen molar-refractivity contribution in [3.8, 4) is 5.75 Å². The SMILES string of the molecule is CCOC(=O)CN1C(=O)/C(=C/c2ccc(OC)cc2)N=C1c1ccccc1. The largest absolute Gasteiger partial charge is 0.497 e. The van der Waals surface area contributed by atoms with Crippen molar-refractivity contribution in [1.82, 2.24) is 4.90 Å². The van der Waals surface area contributed by atoms with Crippen LogP contribution in [0.25, 0.3) is 6.08 Å². The Morgan fingerprint density at radius 2 is 1.81 bits per heavy atom. The Morgan fingerprint density at radius 1 is 1.11 bits per heavy atom. The number of ether oxygens (including phenoxy) is 2. The molecule has 1 aliphatic heterocycles. The Hall–Kier alpha value is -3.41. The van der Waals surface area contributed by atoms with Gasteiger partial charge in [-0.1, -0.05) is 42.5 Å². The average molecular weight is 364 g/mol. The number of rotatable bonds is 6. The van der Waals surface area contributed by atoms with Gasteiger partial charge in [0.15, 0.2) is 0 Å². The number of nitrogens with zero attached hydrogens (tertiary/aromatic N) is 2. The van der Waals surface area contributed by atoms with Crippen LogP contribution in [0.2, 0.25) is 0 Å². The van der Waals surface area contributed by atoms with E-state index in [4.69, 9.17) is 9.47 Å². The Bertz CT molecular complexity index is 886. The Balaban J connectivity index is 1.95. The number of carbonyl (C=O) groups is 2. The highest BCUT2D eigenvalue weighted by Crippen LogP contribution is 2.23. The molecule has 2 aromatic carbocycles. The van der Waals surface area contributed by atoms with Gasteiger partial charge >= 0.3 is 5.97 Å². The second-order valence-corrected chi connectivity index (χ2v) is 5.80. The normalized spacial score (nSPS) is 15.0. The predicted octanol–water partition coefficient (Wildman–Crippen LogP) is 2.89. The van der Waals surface area contributed by atoms with Crippen LogP contribution in [0.5, 0.6) is 5.75 Å². The van der Waals surface area contributed by atoms with Crippen molar-refractivity contribution in [2.24, 2.45) is 4.99 Å². The fraction of sp³-hybridized carbons (Fsp3) is 0.190. The summed E-state index contributed by atoms with van der Waals surface area (Å²) in [6, 6.07) is 16.6. The molecule has 0 unspecified atom stereocenters. The highest BCUT2D eigenvalue weighted by Gasteiger charge is 2.32. The summed E-state index contributed by atoms with van der Waals surface area (Å²) in [4.78, 5) is 30.7. The summed E-state index contributed by atoms with van der Waals surface area (Å²) in [6.07, 6.45) is 1.69. The van der Waals surface area contributed by atoms with Gasteiger partial charge in [0.05, 0.1) is 13.7 Å². The first kappa shape index (κ1) is 18.4. The molecule has 0 spiro atoms. The predicted molar refractivity (Wildman–Crippen MR) is 102 cm³/mol. The summed E-state index contributed by atoms with van der Waals surface area (Å²) in [6.45, 7) is 1.80. The molecule has 0 radical (unpaired) electrons. The van der Waals surface area contributed by atoms with Crippen molar-refractivity contribution in [3.05, 3.63) is 71.4 Å². The third kappa shape index (κ3) is 4.23. The van der Waals surface area contributed by atoms with Crippen LogP contribution in [-0.4, -0.2) is 42.9 Å². The van der Waals surface area contributed by atoms with Crippen LogP contribution in [0, 0.1) is 0 Å². The monoisotopic (exact) mass is 364 g/mol. The Kier molecular flexibility index (Phi) is 5.66. The molecule has 1 amide bonds. The standard InChI is InChI=1S/C21H20N2O4/c1-3-27-19(24)14-23-20(16-7-5-4-6-8-16)22-18(21(23)25)13-15-9-11-17(26-2)12-10-15/h4-13H,3,14H2,1-2H3/b18-13-. The van der Waals surface area contributed by atoms with Gasteiger partial charge in [-0.15, -0.1) is 0 Å². The molecule has 0 saturated heterocycles. The fourth-order valence-electron chi connectivity index (χ4n) is 2.70. The van der Waals surface area contributed by atoms with Gasteiger partial charge in [-0.05, 0) is 30.7 Å². The number of esters is 1. The molecule has 1 aliphatic rings. The maximum atomic E-state index is 12.9. The number of amides is 1. The molecule has 0 N–H and O–H groups in total. The number of carbonyl (C=O) groups excluding carboxylic acids is 2. The van der Waals surface area contributed by atoms with Crippen LogP contribution in [0.4, 0.5) is 0 Å². The van der Waals surface area contributed by atoms with Crippen LogP contribution >= 0.6 is 0 Å². The van der Waals surface area contributed by atoms with Gasteiger partial charge in [0.2, 0.25) is 0 Å². The van der Waals surface area contributed by atoms with Crippen molar-refractivity contribution in [2.45, 2.75) is 6.92 Å². The summed E-state index contributed by atoms with van der Waals surface area (Å²) >= 11 is 0. The van der Waals surface area contributed by atoms with E-state index >= 15 is 0 Å². The summed E-state index contributed by atoms with van der Waals surface area (Å²) in [5, 5.41) is 0. The zero-order valence-corrected chi connectivity index (χ0v) is 15.2. The number of amidine groups is 1. The molecule has 2 aromatic rings. The molecule has 0 fully saturated rings. The maximum absolute atomic E-state index is 12.9. The van der Waals surface area contributed by atoms with Crippen LogP contribution < -0.4 is 4.74 Å². The van der Waals surface area contributed by atoms with Crippen molar-refractivity contribution in [1.29, 1.82) is 0 Å². The Labute approximate surface area is 157 Å². The summed E-state index contributed by atoms with van der Waals surface area (Å²) in [7, 11) is 1.59. The second kappa shape index (κ2) is 8.31. The van der Waals surface area contributed by atoms with Gasteiger partial charge in [-0.3, -0.25) is 14.5 Å². The van der Waals surface area contributed by atoms with Crippen LogP contribution in [0.15, 0.2) is 65.3 Å². The lowest BCUT2D eigenvalue weighted by molar-refractivity contribution is -0.145. The average Bonchev–Trinajstić information content (AvgIpc) is 2.99. The molecule has 0 aromatic heterocycles. The lowest BCUT2D eigenvalue weighted by Gasteiger charge is -2.17. The van der Waals surface area contributed by atoms with Gasteiger partial charge < -0.3 is 9.47 Å². The minimum Gasteiger partial charge on any atom is -0.497 e. The van der Waals surface area contributed by atoms with Crippen molar-refractivity contribution >= 4 is 23.8 Å². The van der Waals surface area contributed by atoms with E-state index < -0.39 is 5.97 Å². The molecule has 1 heterocycles. The number of aliphatic imine (C=N–C) groups is 1. The van der Waals surface area contributed by atoms with Crippen LogP contribution in [-0.2, 0) is 14.3 Å². The highest BCUT2D eigenvalue weighted by molar-refractivity contribution is 6.20. The molecule has 0 saturated carbocycles.